The second-order valence-corrected chi connectivity index (χ2v) is 6.45. The van der Waals surface area contributed by atoms with Crippen LogP contribution in [0.25, 0.3) is 0 Å². The van der Waals surface area contributed by atoms with Crippen molar-refractivity contribution in [3.05, 3.63) is 24.3 Å². The van der Waals surface area contributed by atoms with E-state index in [9.17, 15) is 0 Å². The zero-order chi connectivity index (χ0) is 15.1. The number of likely N-dealkylation sites (N-methyl/N-ethyl adjacent to an activating group) is 2. The topological polar surface area (TPSA) is 6.02 Å². The van der Waals surface area contributed by atoms with Crippen LogP contribution >= 0.6 is 0 Å². The van der Waals surface area contributed by atoms with Gasteiger partial charge in [-0.1, -0.05) is 24.3 Å². The zero-order valence-electron chi connectivity index (χ0n) is 14.0. The minimum atomic E-state index is 1.06. The Labute approximate surface area is 125 Å². The summed E-state index contributed by atoms with van der Waals surface area (Å²) in [6.45, 7) is 14.6. The van der Waals surface area contributed by atoms with Crippen molar-refractivity contribution in [1.82, 2.24) is 0 Å². The quantitative estimate of drug-likeness (QED) is 0.546. The maximum atomic E-state index is 4.07. The molecule has 0 aromatic carbocycles. The maximum absolute atomic E-state index is 4.07. The maximum Gasteiger partial charge on any atom is 0.200 e. The van der Waals surface area contributed by atoms with E-state index < -0.39 is 0 Å². The minimum Gasteiger partial charge on any atom is -0.233 e. The molecule has 0 aromatic heterocycles. The highest BCUT2D eigenvalue weighted by Gasteiger charge is 2.18. The standard InChI is InChI=1S/C18H32N2/c1-15(2)13-17-9-7-8-10-18(14-16(3)4)20(6)12-11-19(17)5/h1,3,7-14H2,2,4-6H3/q+2. The van der Waals surface area contributed by atoms with Gasteiger partial charge in [0, 0.05) is 25.7 Å². The van der Waals surface area contributed by atoms with Crippen LogP contribution in [0.2, 0.25) is 0 Å². The summed E-state index contributed by atoms with van der Waals surface area (Å²) in [5, 5.41) is 0. The lowest BCUT2D eigenvalue weighted by atomic mass is 10.0. The summed E-state index contributed by atoms with van der Waals surface area (Å²) in [7, 11) is 4.46. The molecule has 0 N–H and O–H groups in total. The van der Waals surface area contributed by atoms with Crippen molar-refractivity contribution in [3.8, 4) is 0 Å². The molecule has 0 radical (unpaired) electrons. The van der Waals surface area contributed by atoms with Gasteiger partial charge in [0.15, 0.2) is 24.5 Å². The van der Waals surface area contributed by atoms with E-state index in [0.717, 1.165) is 25.9 Å². The molecule has 0 saturated heterocycles. The smallest absolute Gasteiger partial charge is 0.200 e. The number of hydrogen-bond donors (Lipinski definition) is 0. The molecule has 1 aliphatic rings. The van der Waals surface area contributed by atoms with Crippen LogP contribution in [0.5, 0.6) is 0 Å². The van der Waals surface area contributed by atoms with Gasteiger partial charge in [-0.15, -0.1) is 0 Å². The van der Waals surface area contributed by atoms with E-state index in [1.165, 1.54) is 36.8 Å². The summed E-state index contributed by atoms with van der Waals surface area (Å²) in [4.78, 5) is 0. The fourth-order valence-corrected chi connectivity index (χ4v) is 2.80. The molecule has 0 aliphatic carbocycles. The summed E-state index contributed by atoms with van der Waals surface area (Å²) in [6, 6.07) is 0. The first-order chi connectivity index (χ1) is 9.40. The van der Waals surface area contributed by atoms with E-state index in [-0.39, 0.29) is 0 Å². The van der Waals surface area contributed by atoms with Crippen molar-refractivity contribution in [3.63, 3.8) is 0 Å². The average molecular weight is 276 g/mol. The molecule has 0 aromatic rings. The predicted molar refractivity (Wildman–Crippen MR) is 89.4 cm³/mol. The van der Waals surface area contributed by atoms with Gasteiger partial charge in [-0.25, -0.2) is 9.15 Å². The van der Waals surface area contributed by atoms with E-state index in [1.807, 2.05) is 0 Å². The van der Waals surface area contributed by atoms with Crippen LogP contribution in [0.4, 0.5) is 0 Å². The molecule has 2 heteroatoms. The largest absolute Gasteiger partial charge is 0.233 e. The average Bonchev–Trinajstić information content (AvgIpc) is 2.35. The summed E-state index contributed by atoms with van der Waals surface area (Å²) < 4.78 is 4.88. The molecule has 0 unspecified atom stereocenters. The third kappa shape index (κ3) is 5.85. The molecule has 0 spiro atoms. The Bertz CT molecular complexity index is 396. The van der Waals surface area contributed by atoms with Gasteiger partial charge in [-0.05, 0) is 26.7 Å². The normalized spacial score (nSPS) is 18.2. The first kappa shape index (κ1) is 16.9. The molecule has 1 rings (SSSR count). The van der Waals surface area contributed by atoms with E-state index in [0.29, 0.717) is 0 Å². The fraction of sp³-hybridized carbons (Fsp3) is 0.667. The van der Waals surface area contributed by atoms with Crippen LogP contribution < -0.4 is 0 Å². The minimum absolute atomic E-state index is 1.06. The Balaban J connectivity index is 2.85. The Morgan fingerprint density at radius 3 is 1.50 bits per heavy atom. The van der Waals surface area contributed by atoms with Gasteiger partial charge in [0.2, 0.25) is 0 Å². The van der Waals surface area contributed by atoms with Crippen molar-refractivity contribution in [2.24, 2.45) is 0 Å². The number of rotatable bonds is 4. The van der Waals surface area contributed by atoms with Crippen molar-refractivity contribution >= 4 is 11.4 Å². The molecule has 112 valence electrons. The Morgan fingerprint density at radius 1 is 0.850 bits per heavy atom. The Morgan fingerprint density at radius 2 is 1.20 bits per heavy atom. The zero-order valence-corrected chi connectivity index (χ0v) is 14.0. The summed E-state index contributed by atoms with van der Waals surface area (Å²) in [6.07, 6.45) is 7.10. The van der Waals surface area contributed by atoms with E-state index in [4.69, 9.17) is 0 Å². The molecular formula is C18H32N2+2. The molecule has 0 fully saturated rings. The van der Waals surface area contributed by atoms with Crippen molar-refractivity contribution < 1.29 is 9.15 Å². The predicted octanol–water partition coefficient (Wildman–Crippen LogP) is 3.66. The van der Waals surface area contributed by atoms with Crippen LogP contribution in [-0.2, 0) is 0 Å². The van der Waals surface area contributed by atoms with Crippen LogP contribution in [-0.4, -0.2) is 47.8 Å². The molecule has 20 heavy (non-hydrogen) atoms. The number of nitrogens with zero attached hydrogens (tertiary/aromatic N) is 2. The highest BCUT2D eigenvalue weighted by atomic mass is 15.1. The third-order valence-electron chi connectivity index (χ3n) is 4.04. The molecule has 0 saturated carbocycles. The van der Waals surface area contributed by atoms with Crippen LogP contribution in [0, 0.1) is 0 Å². The molecule has 0 atom stereocenters. The first-order valence-corrected chi connectivity index (χ1v) is 7.80. The van der Waals surface area contributed by atoms with E-state index in [1.54, 1.807) is 11.4 Å². The van der Waals surface area contributed by atoms with Gasteiger partial charge < -0.3 is 0 Å². The monoisotopic (exact) mass is 276 g/mol. The molecule has 0 amide bonds. The summed E-state index contributed by atoms with van der Waals surface area (Å²) in [5.41, 5.74) is 5.64. The summed E-state index contributed by atoms with van der Waals surface area (Å²) in [5.74, 6) is 0. The van der Waals surface area contributed by atoms with Gasteiger partial charge in [0.1, 0.15) is 14.1 Å². The SMILES string of the molecule is C=C(C)CC1=[N+](C)CC[N+](C)=C(CC(=C)C)CCCC1. The highest BCUT2D eigenvalue weighted by Crippen LogP contribution is 2.12. The summed E-state index contributed by atoms with van der Waals surface area (Å²) >= 11 is 0. The number of allylic oxidation sites excluding steroid dienone is 2. The highest BCUT2D eigenvalue weighted by molar-refractivity contribution is 5.83. The third-order valence-corrected chi connectivity index (χ3v) is 4.04. The lowest BCUT2D eigenvalue weighted by Crippen LogP contribution is -2.29. The van der Waals surface area contributed by atoms with Crippen LogP contribution in [0.1, 0.15) is 52.4 Å². The Kier molecular flexibility index (Phi) is 6.90. The van der Waals surface area contributed by atoms with Gasteiger partial charge in [0.25, 0.3) is 0 Å². The van der Waals surface area contributed by atoms with Crippen molar-refractivity contribution in [2.75, 3.05) is 27.2 Å². The van der Waals surface area contributed by atoms with Crippen molar-refractivity contribution in [1.29, 1.82) is 0 Å². The second-order valence-electron chi connectivity index (χ2n) is 6.45. The van der Waals surface area contributed by atoms with E-state index in [2.05, 4.69) is 50.3 Å². The van der Waals surface area contributed by atoms with Gasteiger partial charge >= 0.3 is 0 Å². The van der Waals surface area contributed by atoms with Gasteiger partial charge in [-0.3, -0.25) is 0 Å². The first-order valence-electron chi connectivity index (χ1n) is 7.80. The lowest BCUT2D eigenvalue weighted by molar-refractivity contribution is -0.573. The van der Waals surface area contributed by atoms with Crippen LogP contribution in [0.15, 0.2) is 24.3 Å². The fourth-order valence-electron chi connectivity index (χ4n) is 2.80. The Hall–Kier alpha value is -1.18. The van der Waals surface area contributed by atoms with Crippen molar-refractivity contribution in [2.45, 2.75) is 52.4 Å². The molecular weight excluding hydrogens is 244 g/mol. The molecule has 1 aliphatic heterocycles. The number of hydrogen-bond acceptors (Lipinski definition) is 0. The van der Waals surface area contributed by atoms with Gasteiger partial charge in [0.05, 0.1) is 0 Å². The van der Waals surface area contributed by atoms with Gasteiger partial charge in [-0.2, -0.15) is 0 Å². The molecule has 1 heterocycles. The second kappa shape index (κ2) is 8.18. The van der Waals surface area contributed by atoms with E-state index >= 15 is 0 Å². The molecule has 2 nitrogen and oxygen atoms in total. The van der Waals surface area contributed by atoms with Crippen LogP contribution in [0.3, 0.4) is 0 Å². The molecule has 0 bridgehead atoms. The lowest BCUT2D eigenvalue weighted by Gasteiger charge is -2.12.